The molecule has 0 spiro atoms. The Kier molecular flexibility index (Phi) is 16.0. The second-order valence-electron chi connectivity index (χ2n) is 20.7. The summed E-state index contributed by atoms with van der Waals surface area (Å²) in [5.41, 5.74) is 9.54. The van der Waals surface area contributed by atoms with Crippen molar-refractivity contribution in [3.8, 4) is 45.1 Å². The third-order valence-corrected chi connectivity index (χ3v) is 15.7. The van der Waals surface area contributed by atoms with E-state index in [2.05, 4.69) is 69.1 Å². The maximum atomic E-state index is 14.6. The number of carbonyl (C=O) groups is 4. The number of piperidine rings is 1. The summed E-state index contributed by atoms with van der Waals surface area (Å²) in [6, 6.07) is 49.5. The quantitative estimate of drug-likeness (QED) is 0.0606. The third-order valence-electron chi connectivity index (χ3n) is 15.7. The molecular formula is C64H64N8O8. The van der Waals surface area contributed by atoms with Crippen molar-refractivity contribution >= 4 is 24.0 Å². The van der Waals surface area contributed by atoms with Crippen molar-refractivity contribution in [1.29, 1.82) is 0 Å². The first-order valence-electron chi connectivity index (χ1n) is 27.3. The third kappa shape index (κ3) is 12.1. The summed E-state index contributed by atoms with van der Waals surface area (Å²) in [6.07, 6.45) is 7.15. The number of H-pyrrole nitrogens is 2. The number of rotatable bonds is 19. The van der Waals surface area contributed by atoms with Gasteiger partial charge in [-0.15, -0.1) is 0 Å². The standard InChI is InChI=1S/C64H64N8O8/c1-77-63(75)69-53(34-41-15-29-51(30-16-41)79-39-43-10-5-3-6-11-43)61(73)71-33-9-14-57(71)59-65-37-55(67-59)47-23-19-45(20-24-47)46-21-25-48(26-22-46)56-38-66-60(68-56)58-49-27-28-50(36-49)72(58)62(74)54(70-64(76)78-2)35-42-17-31-52(32-18-42)80-40-44-12-7-4-8-13-44/h3-8,10-13,15-26,29-32,37-38,49-50,53-54,57-58H,9,14,27-28,33-36,39-40H2,1-2H3,(H,65,67)(H,66,68)(H,69,75)(H,70,76)/t49-,50-,53-,54+,57-,58+/m0/s1. The zero-order valence-corrected chi connectivity index (χ0v) is 44.8. The Labute approximate surface area is 464 Å². The molecule has 2 bridgehead atoms. The minimum Gasteiger partial charge on any atom is -0.489 e. The maximum Gasteiger partial charge on any atom is 0.407 e. The molecule has 8 aromatic rings. The van der Waals surface area contributed by atoms with Crippen molar-refractivity contribution in [2.45, 2.75) is 88.4 Å². The Morgan fingerprint density at radius 1 is 0.550 bits per heavy atom. The summed E-state index contributed by atoms with van der Waals surface area (Å²) >= 11 is 0. The van der Waals surface area contributed by atoms with E-state index in [-0.39, 0.29) is 48.7 Å². The Balaban J connectivity index is 0.721. The first kappa shape index (κ1) is 52.9. The van der Waals surface area contributed by atoms with Gasteiger partial charge >= 0.3 is 12.2 Å². The highest BCUT2D eigenvalue weighted by molar-refractivity contribution is 5.88. The van der Waals surface area contributed by atoms with E-state index < -0.39 is 24.3 Å². The van der Waals surface area contributed by atoms with Crippen LogP contribution in [0.5, 0.6) is 11.5 Å². The lowest BCUT2D eigenvalue weighted by Crippen LogP contribution is -2.52. The minimum absolute atomic E-state index is 0.0422. The monoisotopic (exact) mass is 1070 g/mol. The van der Waals surface area contributed by atoms with Gasteiger partial charge in [0.25, 0.3) is 0 Å². The number of nitrogens with zero attached hydrogens (tertiary/aromatic N) is 4. The van der Waals surface area contributed by atoms with Crippen molar-refractivity contribution in [2.75, 3.05) is 20.8 Å². The number of nitrogens with one attached hydrogen (secondary N) is 4. The number of aromatic amines is 2. The van der Waals surface area contributed by atoms with Gasteiger partial charge in [-0.25, -0.2) is 19.6 Å². The molecule has 16 nitrogen and oxygen atoms in total. The van der Waals surface area contributed by atoms with Gasteiger partial charge in [-0.05, 0) is 107 Å². The molecule has 6 aromatic carbocycles. The Morgan fingerprint density at radius 2 is 1.02 bits per heavy atom. The number of benzene rings is 6. The van der Waals surface area contributed by atoms with Gasteiger partial charge in [0, 0.05) is 25.4 Å². The first-order valence-corrected chi connectivity index (χ1v) is 27.3. The highest BCUT2D eigenvalue weighted by atomic mass is 16.5. The average Bonchev–Trinajstić information content (AvgIpc) is 4.51. The van der Waals surface area contributed by atoms with E-state index in [9.17, 15) is 19.2 Å². The Bertz CT molecular complexity index is 3390. The molecule has 16 heteroatoms. The SMILES string of the molecule is COC(=O)N[C@@H](Cc1ccc(OCc2ccccc2)cc1)C(=O)N1CCC[C@H]1c1ncc(-c2ccc(-c3ccc(-c4cnc([C@H]5[C@H]6CC[C@@H](C6)N5C(=O)[C@@H](Cc5ccc(OCc6ccccc6)cc5)NC(=O)OC)[nH]4)cc3)cc2)[nH]1. The number of alkyl carbamates (subject to hydrolysis) is 2. The smallest absolute Gasteiger partial charge is 0.407 e. The van der Waals surface area contributed by atoms with Gasteiger partial charge in [0.05, 0.1) is 50.1 Å². The van der Waals surface area contributed by atoms with Gasteiger partial charge in [0.2, 0.25) is 11.8 Å². The summed E-state index contributed by atoms with van der Waals surface area (Å²) in [5, 5.41) is 5.62. The highest BCUT2D eigenvalue weighted by Crippen LogP contribution is 2.50. The zero-order chi connectivity index (χ0) is 55.0. The molecule has 4 heterocycles. The number of amides is 4. The van der Waals surface area contributed by atoms with Crippen molar-refractivity contribution in [3.05, 3.63) is 204 Å². The molecule has 11 rings (SSSR count). The van der Waals surface area contributed by atoms with E-state index in [0.717, 1.165) is 93.8 Å². The lowest BCUT2D eigenvalue weighted by molar-refractivity contribution is -0.138. The van der Waals surface area contributed by atoms with Gasteiger partial charge in [0.15, 0.2) is 0 Å². The van der Waals surface area contributed by atoms with E-state index in [1.54, 1.807) is 11.1 Å². The molecule has 3 fully saturated rings. The molecule has 1 saturated carbocycles. The summed E-state index contributed by atoms with van der Waals surface area (Å²) < 4.78 is 21.9. The molecule has 0 unspecified atom stereocenters. The second-order valence-corrected chi connectivity index (χ2v) is 20.7. The van der Waals surface area contributed by atoms with Gasteiger partial charge in [0.1, 0.15) is 48.4 Å². The van der Waals surface area contributed by atoms with Gasteiger partial charge in [-0.2, -0.15) is 0 Å². The highest BCUT2D eigenvalue weighted by Gasteiger charge is 2.51. The van der Waals surface area contributed by atoms with Gasteiger partial charge in [-0.3, -0.25) is 9.59 Å². The van der Waals surface area contributed by atoms with Crippen LogP contribution in [0.2, 0.25) is 0 Å². The van der Waals surface area contributed by atoms with Crippen LogP contribution >= 0.6 is 0 Å². The summed E-state index contributed by atoms with van der Waals surface area (Å²) in [6.45, 7) is 1.42. The largest absolute Gasteiger partial charge is 0.489 e. The normalized spacial score (nSPS) is 18.1. The molecule has 3 aliphatic rings. The number of methoxy groups -OCH3 is 2. The number of aromatic nitrogens is 4. The van der Waals surface area contributed by atoms with Crippen LogP contribution in [-0.4, -0.2) is 92.6 Å². The molecule has 2 aromatic heterocycles. The lowest BCUT2D eigenvalue weighted by atomic mass is 9.96. The van der Waals surface area contributed by atoms with E-state index >= 15 is 0 Å². The Hall–Kier alpha value is -9.18. The fraction of sp³-hybridized carbons (Fsp3) is 0.281. The average molecular weight is 1070 g/mol. The molecular weight excluding hydrogens is 1010 g/mol. The summed E-state index contributed by atoms with van der Waals surface area (Å²) in [4.78, 5) is 74.6. The summed E-state index contributed by atoms with van der Waals surface area (Å²) in [5.74, 6) is 2.71. The van der Waals surface area contributed by atoms with Crippen molar-refractivity contribution in [3.63, 3.8) is 0 Å². The zero-order valence-electron chi connectivity index (χ0n) is 44.8. The predicted octanol–water partition coefficient (Wildman–Crippen LogP) is 10.9. The number of imidazole rings is 2. The maximum absolute atomic E-state index is 14.6. The van der Waals surface area contributed by atoms with Crippen LogP contribution in [0, 0.1) is 5.92 Å². The molecule has 408 valence electrons. The van der Waals surface area contributed by atoms with Crippen molar-refractivity contribution < 1.29 is 38.1 Å². The molecule has 2 saturated heterocycles. The molecule has 0 radical (unpaired) electrons. The molecule has 6 atom stereocenters. The number of ether oxygens (including phenoxy) is 4. The van der Waals surface area contributed by atoms with Crippen LogP contribution in [0.1, 0.15) is 78.1 Å². The van der Waals surface area contributed by atoms with E-state index in [0.29, 0.717) is 37.1 Å². The minimum atomic E-state index is -0.853. The fourth-order valence-corrected chi connectivity index (χ4v) is 11.5. The predicted molar refractivity (Wildman–Crippen MR) is 302 cm³/mol. The molecule has 4 N–H and O–H groups in total. The van der Waals surface area contributed by atoms with Crippen LogP contribution in [0.3, 0.4) is 0 Å². The number of fused-ring (bicyclic) bond motifs is 2. The number of likely N-dealkylation sites (tertiary alicyclic amines) is 2. The number of carbonyl (C=O) groups excluding carboxylic acids is 4. The molecule has 80 heavy (non-hydrogen) atoms. The van der Waals surface area contributed by atoms with Gasteiger partial charge < -0.3 is 49.3 Å². The van der Waals surface area contributed by atoms with Crippen LogP contribution in [0.15, 0.2) is 170 Å². The number of hydrogen-bond donors (Lipinski definition) is 4. The Morgan fingerprint density at radius 3 is 1.54 bits per heavy atom. The molecule has 1 aliphatic carbocycles. The van der Waals surface area contributed by atoms with Crippen molar-refractivity contribution in [2.24, 2.45) is 5.92 Å². The summed E-state index contributed by atoms with van der Waals surface area (Å²) in [7, 11) is 2.59. The number of hydrogen-bond acceptors (Lipinski definition) is 10. The topological polar surface area (TPSA) is 193 Å². The van der Waals surface area contributed by atoms with Crippen LogP contribution in [0.25, 0.3) is 33.6 Å². The van der Waals surface area contributed by atoms with Crippen LogP contribution in [-0.2, 0) is 45.1 Å². The van der Waals surface area contributed by atoms with Gasteiger partial charge in [-0.1, -0.05) is 133 Å². The van der Waals surface area contributed by atoms with E-state index in [4.69, 9.17) is 28.9 Å². The van der Waals surface area contributed by atoms with Crippen LogP contribution < -0.4 is 20.1 Å². The lowest BCUT2D eigenvalue weighted by Gasteiger charge is -2.36. The van der Waals surface area contributed by atoms with E-state index in [1.807, 2.05) is 120 Å². The fourth-order valence-electron chi connectivity index (χ4n) is 11.5. The molecule has 4 amide bonds. The van der Waals surface area contributed by atoms with Crippen molar-refractivity contribution in [1.82, 2.24) is 40.4 Å². The first-order chi connectivity index (χ1) is 39.2. The van der Waals surface area contributed by atoms with Crippen LogP contribution in [0.4, 0.5) is 9.59 Å². The van der Waals surface area contributed by atoms with E-state index in [1.165, 1.54) is 14.2 Å². The second kappa shape index (κ2) is 24.2. The molecule has 2 aliphatic heterocycles.